The summed E-state index contributed by atoms with van der Waals surface area (Å²) in [5.74, 6) is 0.564. The first-order valence-electron chi connectivity index (χ1n) is 8.13. The highest BCUT2D eigenvalue weighted by Gasteiger charge is 2.31. The van der Waals surface area contributed by atoms with Crippen LogP contribution in [0.2, 0.25) is 0 Å². The number of hydrogen-bond acceptors (Lipinski definition) is 3. The highest BCUT2D eigenvalue weighted by Crippen LogP contribution is 2.25. The fraction of sp³-hybridized carbons (Fsp3) is 0.579. The third kappa shape index (κ3) is 5.47. The van der Waals surface area contributed by atoms with Gasteiger partial charge in [0.05, 0.1) is 12.7 Å². The molecule has 1 aliphatic heterocycles. The van der Waals surface area contributed by atoms with Gasteiger partial charge in [-0.25, -0.2) is 0 Å². The van der Waals surface area contributed by atoms with Crippen molar-refractivity contribution in [3.8, 4) is 5.75 Å². The Morgan fingerprint density at radius 1 is 1.27 bits per heavy atom. The van der Waals surface area contributed by atoms with E-state index < -0.39 is 5.79 Å². The summed E-state index contributed by atoms with van der Waals surface area (Å²) >= 11 is 0. The lowest BCUT2D eigenvalue weighted by Gasteiger charge is -2.16. The van der Waals surface area contributed by atoms with Crippen LogP contribution in [0.15, 0.2) is 30.4 Å². The van der Waals surface area contributed by atoms with Crippen LogP contribution < -0.4 is 4.74 Å². The molecule has 0 N–H and O–H groups in total. The van der Waals surface area contributed by atoms with Crippen molar-refractivity contribution in [2.45, 2.75) is 58.8 Å². The van der Waals surface area contributed by atoms with E-state index >= 15 is 0 Å². The van der Waals surface area contributed by atoms with E-state index in [1.54, 1.807) is 0 Å². The van der Waals surface area contributed by atoms with Crippen molar-refractivity contribution in [2.75, 3.05) is 13.2 Å². The second-order valence-electron chi connectivity index (χ2n) is 6.43. The van der Waals surface area contributed by atoms with Crippen LogP contribution in [0.4, 0.5) is 0 Å². The molecule has 1 heterocycles. The molecule has 1 aromatic rings. The number of unbranched alkanes of at least 4 members (excludes halogenated alkanes) is 1. The molecule has 3 nitrogen and oxygen atoms in total. The maximum absolute atomic E-state index is 5.79. The van der Waals surface area contributed by atoms with Crippen LogP contribution in [0, 0.1) is 13.8 Å². The molecule has 0 aliphatic carbocycles. The standard InChI is InChI=1S/C19H28O3/c1-15-10-11-18(16(2)13-15)20-12-8-6-5-7-9-17-14-21-19(3,4)22-17/h6,8,10-11,13,17H,5,7,9,12,14H2,1-4H3/b8-6-. The number of allylic oxidation sites excluding steroid dienone is 1. The van der Waals surface area contributed by atoms with Crippen LogP contribution >= 0.6 is 0 Å². The van der Waals surface area contributed by atoms with Crippen molar-refractivity contribution < 1.29 is 14.2 Å². The molecule has 1 fully saturated rings. The van der Waals surface area contributed by atoms with E-state index in [-0.39, 0.29) is 6.10 Å². The van der Waals surface area contributed by atoms with Crippen molar-refractivity contribution in [3.63, 3.8) is 0 Å². The lowest BCUT2D eigenvalue weighted by Crippen LogP contribution is -2.21. The molecular formula is C19H28O3. The maximum Gasteiger partial charge on any atom is 0.163 e. The van der Waals surface area contributed by atoms with Gasteiger partial charge in [-0.1, -0.05) is 29.8 Å². The fourth-order valence-corrected chi connectivity index (χ4v) is 2.65. The molecule has 0 bridgehead atoms. The number of benzene rings is 1. The SMILES string of the molecule is Cc1ccc(OC/C=C\CCCC2COC(C)(C)O2)c(C)c1. The predicted octanol–water partition coefficient (Wildman–Crippen LogP) is 4.56. The first-order valence-corrected chi connectivity index (χ1v) is 8.13. The van der Waals surface area contributed by atoms with E-state index in [1.165, 1.54) is 11.1 Å². The quantitative estimate of drug-likeness (QED) is 0.546. The Morgan fingerprint density at radius 2 is 2.09 bits per heavy atom. The lowest BCUT2D eigenvalue weighted by atomic mass is 10.1. The minimum atomic E-state index is -0.403. The molecule has 0 spiro atoms. The van der Waals surface area contributed by atoms with E-state index in [0.717, 1.165) is 25.0 Å². The van der Waals surface area contributed by atoms with Crippen LogP contribution in [0.3, 0.4) is 0 Å². The molecule has 1 atom stereocenters. The van der Waals surface area contributed by atoms with Crippen molar-refractivity contribution in [2.24, 2.45) is 0 Å². The second kappa shape index (κ2) is 7.80. The van der Waals surface area contributed by atoms with E-state index in [2.05, 4.69) is 38.1 Å². The van der Waals surface area contributed by atoms with Gasteiger partial charge in [-0.05, 0) is 58.6 Å². The Balaban J connectivity index is 1.59. The van der Waals surface area contributed by atoms with Crippen molar-refractivity contribution in [1.82, 2.24) is 0 Å². The van der Waals surface area contributed by atoms with Crippen LogP contribution in [-0.2, 0) is 9.47 Å². The Labute approximate surface area is 134 Å². The molecule has 122 valence electrons. The summed E-state index contributed by atoms with van der Waals surface area (Å²) in [5, 5.41) is 0. The highest BCUT2D eigenvalue weighted by atomic mass is 16.7. The molecule has 0 radical (unpaired) electrons. The summed E-state index contributed by atoms with van der Waals surface area (Å²) in [6.45, 7) is 9.45. The lowest BCUT2D eigenvalue weighted by molar-refractivity contribution is -0.139. The Bertz CT molecular complexity index is 505. The number of rotatable bonds is 7. The van der Waals surface area contributed by atoms with Gasteiger partial charge in [0.15, 0.2) is 5.79 Å². The minimum Gasteiger partial charge on any atom is -0.489 e. The van der Waals surface area contributed by atoms with Crippen molar-refractivity contribution in [1.29, 1.82) is 0 Å². The second-order valence-corrected chi connectivity index (χ2v) is 6.43. The van der Waals surface area contributed by atoms with E-state index in [4.69, 9.17) is 14.2 Å². The zero-order chi connectivity index (χ0) is 16.0. The first-order chi connectivity index (χ1) is 10.5. The zero-order valence-corrected chi connectivity index (χ0v) is 14.2. The topological polar surface area (TPSA) is 27.7 Å². The largest absolute Gasteiger partial charge is 0.489 e. The summed E-state index contributed by atoms with van der Waals surface area (Å²) in [6, 6.07) is 6.26. The van der Waals surface area contributed by atoms with Gasteiger partial charge >= 0.3 is 0 Å². The van der Waals surface area contributed by atoms with Gasteiger partial charge in [-0.3, -0.25) is 0 Å². The molecule has 1 aliphatic rings. The average Bonchev–Trinajstić information content (AvgIpc) is 2.79. The van der Waals surface area contributed by atoms with Gasteiger partial charge in [-0.15, -0.1) is 0 Å². The van der Waals surface area contributed by atoms with Gasteiger partial charge in [0.25, 0.3) is 0 Å². The van der Waals surface area contributed by atoms with E-state index in [1.807, 2.05) is 19.9 Å². The average molecular weight is 304 g/mol. The summed E-state index contributed by atoms with van der Waals surface area (Å²) in [4.78, 5) is 0. The summed E-state index contributed by atoms with van der Waals surface area (Å²) in [7, 11) is 0. The molecule has 1 unspecified atom stereocenters. The predicted molar refractivity (Wildman–Crippen MR) is 89.3 cm³/mol. The Kier molecular flexibility index (Phi) is 6.04. The molecule has 3 heteroatoms. The molecule has 1 saturated heterocycles. The third-order valence-electron chi connectivity index (χ3n) is 3.80. The summed E-state index contributed by atoms with van der Waals surface area (Å²) in [5.41, 5.74) is 2.45. The molecule has 0 saturated carbocycles. The van der Waals surface area contributed by atoms with Crippen molar-refractivity contribution >= 4 is 0 Å². The van der Waals surface area contributed by atoms with Crippen LogP contribution in [0.5, 0.6) is 5.75 Å². The van der Waals surface area contributed by atoms with Gasteiger partial charge in [0, 0.05) is 0 Å². The van der Waals surface area contributed by atoms with Gasteiger partial charge in [0.1, 0.15) is 12.4 Å². The zero-order valence-electron chi connectivity index (χ0n) is 14.2. The van der Waals surface area contributed by atoms with Gasteiger partial charge in [-0.2, -0.15) is 0 Å². The normalized spacial score (nSPS) is 20.6. The van der Waals surface area contributed by atoms with Crippen LogP contribution in [0.1, 0.15) is 44.2 Å². The smallest absolute Gasteiger partial charge is 0.163 e. The van der Waals surface area contributed by atoms with Gasteiger partial charge in [0.2, 0.25) is 0 Å². The van der Waals surface area contributed by atoms with E-state index in [0.29, 0.717) is 13.2 Å². The molecular weight excluding hydrogens is 276 g/mol. The Hall–Kier alpha value is -1.32. The van der Waals surface area contributed by atoms with E-state index in [9.17, 15) is 0 Å². The molecule has 0 amide bonds. The summed E-state index contributed by atoms with van der Waals surface area (Å²) in [6.07, 6.45) is 7.74. The molecule has 0 aromatic heterocycles. The van der Waals surface area contributed by atoms with Crippen LogP contribution in [0.25, 0.3) is 0 Å². The first kappa shape index (κ1) is 17.0. The third-order valence-corrected chi connectivity index (χ3v) is 3.80. The van der Waals surface area contributed by atoms with Crippen LogP contribution in [-0.4, -0.2) is 25.1 Å². The monoisotopic (exact) mass is 304 g/mol. The fourth-order valence-electron chi connectivity index (χ4n) is 2.65. The highest BCUT2D eigenvalue weighted by molar-refractivity contribution is 5.35. The van der Waals surface area contributed by atoms with Gasteiger partial charge < -0.3 is 14.2 Å². The number of hydrogen-bond donors (Lipinski definition) is 0. The molecule has 2 rings (SSSR count). The Morgan fingerprint density at radius 3 is 2.77 bits per heavy atom. The molecule has 1 aromatic carbocycles. The maximum atomic E-state index is 5.79. The summed E-state index contributed by atoms with van der Waals surface area (Å²) < 4.78 is 17.1. The molecule has 22 heavy (non-hydrogen) atoms. The number of aryl methyl sites for hydroxylation is 2. The van der Waals surface area contributed by atoms with Crippen molar-refractivity contribution in [3.05, 3.63) is 41.5 Å². The minimum absolute atomic E-state index is 0.245. The number of ether oxygens (including phenoxy) is 3.